The standard InChI is InChI=1S/C13H27N3/c1-4-9-12(15-14)13(3,5-2)16-10-7-6-8-11-16/h4,12,15H,1,5-11,14H2,2-3H3. The molecule has 16 heavy (non-hydrogen) atoms. The lowest BCUT2D eigenvalue weighted by atomic mass is 9.84. The molecule has 3 nitrogen and oxygen atoms in total. The van der Waals surface area contributed by atoms with Gasteiger partial charge >= 0.3 is 0 Å². The first kappa shape index (κ1) is 13.7. The maximum atomic E-state index is 5.70. The number of hydrogen-bond acceptors (Lipinski definition) is 3. The summed E-state index contributed by atoms with van der Waals surface area (Å²) in [5.74, 6) is 5.70. The number of hydrogen-bond donors (Lipinski definition) is 2. The van der Waals surface area contributed by atoms with E-state index in [1.165, 1.54) is 32.4 Å². The summed E-state index contributed by atoms with van der Waals surface area (Å²) < 4.78 is 0. The zero-order valence-electron chi connectivity index (χ0n) is 10.8. The minimum absolute atomic E-state index is 0.156. The molecule has 0 bridgehead atoms. The number of nitrogens with one attached hydrogen (secondary N) is 1. The molecule has 2 atom stereocenters. The number of hydrazine groups is 1. The molecule has 1 aliphatic heterocycles. The Morgan fingerprint density at radius 3 is 2.50 bits per heavy atom. The van der Waals surface area contributed by atoms with Crippen molar-refractivity contribution in [2.75, 3.05) is 13.1 Å². The number of likely N-dealkylation sites (tertiary alicyclic amines) is 1. The highest BCUT2D eigenvalue weighted by molar-refractivity contribution is 4.98. The van der Waals surface area contributed by atoms with E-state index < -0.39 is 0 Å². The molecule has 0 aliphatic carbocycles. The minimum Gasteiger partial charge on any atom is -0.296 e. The van der Waals surface area contributed by atoms with Crippen LogP contribution in [0.2, 0.25) is 0 Å². The van der Waals surface area contributed by atoms with E-state index >= 15 is 0 Å². The molecular weight excluding hydrogens is 198 g/mol. The van der Waals surface area contributed by atoms with Crippen LogP contribution in [0.5, 0.6) is 0 Å². The molecule has 1 saturated heterocycles. The van der Waals surface area contributed by atoms with Gasteiger partial charge in [-0.05, 0) is 45.7 Å². The summed E-state index contributed by atoms with van der Waals surface area (Å²) in [6.07, 6.45) is 8.02. The first-order chi connectivity index (χ1) is 7.69. The smallest absolute Gasteiger partial charge is 0.0426 e. The van der Waals surface area contributed by atoms with Crippen LogP contribution in [0.3, 0.4) is 0 Å². The van der Waals surface area contributed by atoms with E-state index in [2.05, 4.69) is 30.8 Å². The van der Waals surface area contributed by atoms with Crippen molar-refractivity contribution in [3.63, 3.8) is 0 Å². The van der Waals surface area contributed by atoms with Crippen LogP contribution in [0.1, 0.15) is 46.0 Å². The number of nitrogens with zero attached hydrogens (tertiary/aromatic N) is 1. The Balaban J connectivity index is 2.75. The van der Waals surface area contributed by atoms with E-state index in [4.69, 9.17) is 5.84 Å². The Bertz CT molecular complexity index is 211. The topological polar surface area (TPSA) is 41.3 Å². The van der Waals surface area contributed by atoms with Gasteiger partial charge in [0.2, 0.25) is 0 Å². The highest BCUT2D eigenvalue weighted by Gasteiger charge is 2.37. The predicted octanol–water partition coefficient (Wildman–Crippen LogP) is 2.05. The molecule has 3 heteroatoms. The van der Waals surface area contributed by atoms with E-state index in [-0.39, 0.29) is 5.54 Å². The molecule has 2 unspecified atom stereocenters. The molecule has 3 N–H and O–H groups in total. The third kappa shape index (κ3) is 2.84. The molecule has 0 radical (unpaired) electrons. The van der Waals surface area contributed by atoms with E-state index in [0.717, 1.165) is 12.8 Å². The van der Waals surface area contributed by atoms with Crippen LogP contribution in [0.15, 0.2) is 12.7 Å². The Labute approximate surface area is 100 Å². The Kier molecular flexibility index (Phi) is 5.46. The molecule has 0 aromatic rings. The van der Waals surface area contributed by atoms with Crippen LogP contribution in [0, 0.1) is 0 Å². The van der Waals surface area contributed by atoms with Crippen LogP contribution in [-0.4, -0.2) is 29.6 Å². The third-order valence-electron chi connectivity index (χ3n) is 4.15. The molecular formula is C13H27N3. The number of piperidine rings is 1. The Hall–Kier alpha value is -0.380. The molecule has 0 aromatic heterocycles. The van der Waals surface area contributed by atoms with Crippen molar-refractivity contribution in [2.45, 2.75) is 57.5 Å². The zero-order valence-corrected chi connectivity index (χ0v) is 10.8. The minimum atomic E-state index is 0.156. The molecule has 0 saturated carbocycles. The van der Waals surface area contributed by atoms with E-state index in [1.54, 1.807) is 0 Å². The highest BCUT2D eigenvalue weighted by atomic mass is 15.3. The molecule has 1 heterocycles. The zero-order chi connectivity index (χ0) is 12.0. The van der Waals surface area contributed by atoms with Gasteiger partial charge in [0.1, 0.15) is 0 Å². The van der Waals surface area contributed by atoms with Gasteiger partial charge in [-0.1, -0.05) is 19.4 Å². The summed E-state index contributed by atoms with van der Waals surface area (Å²) in [6.45, 7) is 10.8. The first-order valence-corrected chi connectivity index (χ1v) is 6.51. The largest absolute Gasteiger partial charge is 0.296 e. The van der Waals surface area contributed by atoms with Crippen molar-refractivity contribution in [1.82, 2.24) is 10.3 Å². The number of nitrogens with two attached hydrogens (primary N) is 1. The first-order valence-electron chi connectivity index (χ1n) is 6.51. The molecule has 94 valence electrons. The fourth-order valence-electron chi connectivity index (χ4n) is 2.76. The van der Waals surface area contributed by atoms with E-state index in [0.29, 0.717) is 6.04 Å². The van der Waals surface area contributed by atoms with Crippen LogP contribution in [-0.2, 0) is 0 Å². The van der Waals surface area contributed by atoms with Crippen LogP contribution in [0.25, 0.3) is 0 Å². The van der Waals surface area contributed by atoms with E-state index in [9.17, 15) is 0 Å². The lowest BCUT2D eigenvalue weighted by Crippen LogP contribution is -2.61. The molecule has 1 aliphatic rings. The predicted molar refractivity (Wildman–Crippen MR) is 70.0 cm³/mol. The van der Waals surface area contributed by atoms with Crippen molar-refractivity contribution in [3.05, 3.63) is 12.7 Å². The quantitative estimate of drug-likeness (QED) is 0.413. The summed E-state index contributed by atoms with van der Waals surface area (Å²) in [6, 6.07) is 0.299. The molecule has 0 amide bonds. The van der Waals surface area contributed by atoms with Gasteiger partial charge in [0, 0.05) is 11.6 Å². The van der Waals surface area contributed by atoms with Crippen molar-refractivity contribution in [1.29, 1.82) is 0 Å². The Morgan fingerprint density at radius 1 is 1.44 bits per heavy atom. The van der Waals surface area contributed by atoms with Crippen molar-refractivity contribution in [2.24, 2.45) is 5.84 Å². The monoisotopic (exact) mass is 225 g/mol. The fraction of sp³-hybridized carbons (Fsp3) is 0.846. The van der Waals surface area contributed by atoms with Crippen molar-refractivity contribution >= 4 is 0 Å². The normalized spacial score (nSPS) is 23.7. The maximum Gasteiger partial charge on any atom is 0.0426 e. The summed E-state index contributed by atoms with van der Waals surface area (Å²) in [5, 5.41) is 0. The summed E-state index contributed by atoms with van der Waals surface area (Å²) in [4.78, 5) is 2.60. The third-order valence-corrected chi connectivity index (χ3v) is 4.15. The van der Waals surface area contributed by atoms with Gasteiger partial charge in [0.05, 0.1) is 0 Å². The van der Waals surface area contributed by atoms with E-state index in [1.807, 2.05) is 6.08 Å². The van der Waals surface area contributed by atoms with Crippen molar-refractivity contribution in [3.8, 4) is 0 Å². The fourth-order valence-corrected chi connectivity index (χ4v) is 2.76. The second-order valence-corrected chi connectivity index (χ2v) is 5.00. The lowest BCUT2D eigenvalue weighted by Gasteiger charge is -2.47. The van der Waals surface area contributed by atoms with Gasteiger partial charge in [0.15, 0.2) is 0 Å². The average Bonchev–Trinajstić information content (AvgIpc) is 2.36. The Morgan fingerprint density at radius 2 is 2.06 bits per heavy atom. The SMILES string of the molecule is C=CCC(NN)C(C)(CC)N1CCCCC1. The molecule has 1 rings (SSSR count). The summed E-state index contributed by atoms with van der Waals surface area (Å²) in [5.41, 5.74) is 3.13. The van der Waals surface area contributed by atoms with Gasteiger partial charge in [-0.25, -0.2) is 0 Å². The molecule has 0 spiro atoms. The summed E-state index contributed by atoms with van der Waals surface area (Å²) in [7, 11) is 0. The average molecular weight is 225 g/mol. The van der Waals surface area contributed by atoms with Gasteiger partial charge in [-0.2, -0.15) is 0 Å². The number of rotatable bonds is 6. The molecule has 1 fully saturated rings. The highest BCUT2D eigenvalue weighted by Crippen LogP contribution is 2.28. The van der Waals surface area contributed by atoms with Gasteiger partial charge in [-0.15, -0.1) is 6.58 Å². The maximum absolute atomic E-state index is 5.70. The van der Waals surface area contributed by atoms with Crippen molar-refractivity contribution < 1.29 is 0 Å². The summed E-state index contributed by atoms with van der Waals surface area (Å²) >= 11 is 0. The lowest BCUT2D eigenvalue weighted by molar-refractivity contribution is 0.0437. The molecule has 0 aromatic carbocycles. The second kappa shape index (κ2) is 6.38. The van der Waals surface area contributed by atoms with Crippen LogP contribution < -0.4 is 11.3 Å². The second-order valence-electron chi connectivity index (χ2n) is 5.00. The van der Waals surface area contributed by atoms with Crippen LogP contribution in [0.4, 0.5) is 0 Å². The van der Waals surface area contributed by atoms with Gasteiger partial charge in [-0.3, -0.25) is 16.2 Å². The van der Waals surface area contributed by atoms with Gasteiger partial charge in [0.25, 0.3) is 0 Å². The van der Waals surface area contributed by atoms with Gasteiger partial charge < -0.3 is 0 Å². The van der Waals surface area contributed by atoms with Crippen LogP contribution >= 0.6 is 0 Å².